The van der Waals surface area contributed by atoms with Crippen LogP contribution in [0.4, 0.5) is 11.6 Å². The summed E-state index contributed by atoms with van der Waals surface area (Å²) in [4.78, 5) is 4.36. The lowest BCUT2D eigenvalue weighted by Crippen LogP contribution is -2.08. The van der Waals surface area contributed by atoms with Crippen LogP contribution in [0.15, 0.2) is 24.5 Å². The van der Waals surface area contributed by atoms with Crippen LogP contribution in [0.3, 0.4) is 0 Å². The molecule has 0 aliphatic heterocycles. The zero-order valence-corrected chi connectivity index (χ0v) is 13.0. The van der Waals surface area contributed by atoms with Gasteiger partial charge in [-0.1, -0.05) is 25.4 Å². The van der Waals surface area contributed by atoms with Gasteiger partial charge >= 0.3 is 0 Å². The number of anilines is 2. The first kappa shape index (κ1) is 14.7. The van der Waals surface area contributed by atoms with Crippen molar-refractivity contribution >= 4 is 23.2 Å². The molecule has 20 heavy (non-hydrogen) atoms. The fourth-order valence-corrected chi connectivity index (χ4v) is 2.18. The standard InChI is InChI=1S/C15H20ClN3O/c1-10(2)9-19-6-5-17-15(19)18-13-7-11(3)12(16)8-14(13)20-4/h5-8,10H,9H2,1-4H3,(H,17,18). The second kappa shape index (κ2) is 6.18. The first-order valence-corrected chi connectivity index (χ1v) is 7.01. The highest BCUT2D eigenvalue weighted by molar-refractivity contribution is 6.31. The molecule has 0 fully saturated rings. The Labute approximate surface area is 124 Å². The van der Waals surface area contributed by atoms with Gasteiger partial charge in [-0.15, -0.1) is 0 Å². The molecule has 5 heteroatoms. The Morgan fingerprint density at radius 3 is 2.80 bits per heavy atom. The van der Waals surface area contributed by atoms with Gasteiger partial charge in [0, 0.05) is 30.0 Å². The average molecular weight is 294 g/mol. The molecule has 0 aliphatic rings. The van der Waals surface area contributed by atoms with Gasteiger partial charge in [0.2, 0.25) is 5.95 Å². The lowest BCUT2D eigenvalue weighted by Gasteiger charge is -2.15. The van der Waals surface area contributed by atoms with Crippen molar-refractivity contribution in [3.8, 4) is 5.75 Å². The third-order valence-electron chi connectivity index (χ3n) is 3.00. The predicted octanol–water partition coefficient (Wildman–Crippen LogP) is 4.25. The van der Waals surface area contributed by atoms with Crippen LogP contribution in [0.2, 0.25) is 5.02 Å². The Balaban J connectivity index is 2.30. The molecule has 0 amide bonds. The fourth-order valence-electron chi connectivity index (χ4n) is 2.02. The van der Waals surface area contributed by atoms with Crippen molar-refractivity contribution in [1.29, 1.82) is 0 Å². The number of ether oxygens (including phenoxy) is 1. The lowest BCUT2D eigenvalue weighted by atomic mass is 10.2. The molecule has 1 heterocycles. The van der Waals surface area contributed by atoms with E-state index in [4.69, 9.17) is 16.3 Å². The number of aromatic nitrogens is 2. The topological polar surface area (TPSA) is 39.1 Å². The summed E-state index contributed by atoms with van der Waals surface area (Å²) in [7, 11) is 1.63. The summed E-state index contributed by atoms with van der Waals surface area (Å²) in [5.74, 6) is 2.07. The molecule has 1 N–H and O–H groups in total. The Morgan fingerprint density at radius 2 is 2.15 bits per heavy atom. The van der Waals surface area contributed by atoms with Gasteiger partial charge < -0.3 is 14.6 Å². The molecule has 0 unspecified atom stereocenters. The summed E-state index contributed by atoms with van der Waals surface area (Å²) in [6, 6.07) is 3.78. The molecule has 0 saturated heterocycles. The molecule has 0 bridgehead atoms. The highest BCUT2D eigenvalue weighted by Gasteiger charge is 2.10. The van der Waals surface area contributed by atoms with Gasteiger partial charge in [-0.2, -0.15) is 0 Å². The van der Waals surface area contributed by atoms with Crippen molar-refractivity contribution in [3.63, 3.8) is 0 Å². The number of rotatable bonds is 5. The van der Waals surface area contributed by atoms with E-state index >= 15 is 0 Å². The summed E-state index contributed by atoms with van der Waals surface area (Å²) in [5, 5.41) is 4.01. The van der Waals surface area contributed by atoms with Crippen LogP contribution in [-0.2, 0) is 6.54 Å². The van der Waals surface area contributed by atoms with Gasteiger partial charge in [-0.3, -0.25) is 0 Å². The van der Waals surface area contributed by atoms with E-state index in [9.17, 15) is 0 Å². The number of hydrogen-bond donors (Lipinski definition) is 1. The molecule has 2 aromatic rings. The molecule has 108 valence electrons. The van der Waals surface area contributed by atoms with E-state index in [1.165, 1.54) is 0 Å². The fraction of sp³-hybridized carbons (Fsp3) is 0.400. The van der Waals surface area contributed by atoms with Crippen LogP contribution in [0.5, 0.6) is 5.75 Å². The summed E-state index contributed by atoms with van der Waals surface area (Å²) in [5.41, 5.74) is 1.86. The quantitative estimate of drug-likeness (QED) is 0.895. The third-order valence-corrected chi connectivity index (χ3v) is 3.41. The van der Waals surface area contributed by atoms with E-state index in [0.29, 0.717) is 16.7 Å². The number of imidazole rings is 1. The SMILES string of the molecule is COc1cc(Cl)c(C)cc1Nc1nccn1CC(C)C. The van der Waals surface area contributed by atoms with E-state index in [0.717, 1.165) is 23.7 Å². The molecule has 1 aromatic heterocycles. The molecule has 1 aromatic carbocycles. The number of hydrogen-bond acceptors (Lipinski definition) is 3. The Hall–Kier alpha value is -1.68. The minimum Gasteiger partial charge on any atom is -0.495 e. The van der Waals surface area contributed by atoms with Crippen LogP contribution in [-0.4, -0.2) is 16.7 Å². The minimum absolute atomic E-state index is 0.554. The Kier molecular flexibility index (Phi) is 4.55. The van der Waals surface area contributed by atoms with Crippen molar-refractivity contribution in [1.82, 2.24) is 9.55 Å². The molecule has 4 nitrogen and oxygen atoms in total. The van der Waals surface area contributed by atoms with E-state index < -0.39 is 0 Å². The number of benzene rings is 1. The predicted molar refractivity (Wildman–Crippen MR) is 83.1 cm³/mol. The number of aryl methyl sites for hydroxylation is 1. The van der Waals surface area contributed by atoms with Crippen molar-refractivity contribution < 1.29 is 4.74 Å². The molecule has 0 atom stereocenters. The minimum atomic E-state index is 0.554. The zero-order valence-electron chi connectivity index (χ0n) is 12.3. The second-order valence-corrected chi connectivity index (χ2v) is 5.63. The van der Waals surface area contributed by atoms with E-state index in [-0.39, 0.29) is 0 Å². The average Bonchev–Trinajstić information content (AvgIpc) is 2.80. The summed E-state index contributed by atoms with van der Waals surface area (Å²) >= 11 is 6.12. The van der Waals surface area contributed by atoms with Crippen LogP contribution in [0.1, 0.15) is 19.4 Å². The molecule has 0 aliphatic carbocycles. The lowest BCUT2D eigenvalue weighted by molar-refractivity contribution is 0.416. The maximum Gasteiger partial charge on any atom is 0.207 e. The van der Waals surface area contributed by atoms with Crippen molar-refractivity contribution in [2.45, 2.75) is 27.3 Å². The van der Waals surface area contributed by atoms with Gasteiger partial charge in [0.1, 0.15) is 5.75 Å². The number of nitrogens with zero attached hydrogens (tertiary/aromatic N) is 2. The van der Waals surface area contributed by atoms with Crippen molar-refractivity contribution in [2.24, 2.45) is 5.92 Å². The smallest absolute Gasteiger partial charge is 0.207 e. The highest BCUT2D eigenvalue weighted by atomic mass is 35.5. The van der Waals surface area contributed by atoms with Crippen LogP contribution < -0.4 is 10.1 Å². The Morgan fingerprint density at radius 1 is 1.40 bits per heavy atom. The third kappa shape index (κ3) is 3.25. The summed E-state index contributed by atoms with van der Waals surface area (Å²) in [6.07, 6.45) is 3.76. The maximum atomic E-state index is 6.12. The van der Waals surface area contributed by atoms with Gasteiger partial charge in [0.05, 0.1) is 12.8 Å². The molecular formula is C15H20ClN3O. The van der Waals surface area contributed by atoms with Gasteiger partial charge in [-0.05, 0) is 24.5 Å². The monoisotopic (exact) mass is 293 g/mol. The van der Waals surface area contributed by atoms with Gasteiger partial charge in [0.25, 0.3) is 0 Å². The highest BCUT2D eigenvalue weighted by Crippen LogP contribution is 2.32. The molecule has 2 rings (SSSR count). The van der Waals surface area contributed by atoms with Crippen LogP contribution in [0.25, 0.3) is 0 Å². The molecule has 0 spiro atoms. The molecule has 0 radical (unpaired) electrons. The second-order valence-electron chi connectivity index (χ2n) is 5.22. The van der Waals surface area contributed by atoms with Crippen LogP contribution >= 0.6 is 11.6 Å². The zero-order chi connectivity index (χ0) is 14.7. The molecular weight excluding hydrogens is 274 g/mol. The first-order valence-electron chi connectivity index (χ1n) is 6.63. The van der Waals surface area contributed by atoms with Gasteiger partial charge in [-0.25, -0.2) is 4.98 Å². The number of halogens is 1. The summed E-state index contributed by atoms with van der Waals surface area (Å²) < 4.78 is 7.46. The summed E-state index contributed by atoms with van der Waals surface area (Å²) in [6.45, 7) is 7.23. The van der Waals surface area contributed by atoms with Crippen molar-refractivity contribution in [3.05, 3.63) is 35.1 Å². The Bertz CT molecular complexity index is 593. The first-order chi connectivity index (χ1) is 9.51. The van der Waals surface area contributed by atoms with Crippen molar-refractivity contribution in [2.75, 3.05) is 12.4 Å². The van der Waals surface area contributed by atoms with Crippen LogP contribution in [0, 0.1) is 12.8 Å². The van der Waals surface area contributed by atoms with E-state index in [1.807, 2.05) is 25.3 Å². The molecule has 0 saturated carbocycles. The number of nitrogens with one attached hydrogen (secondary N) is 1. The maximum absolute atomic E-state index is 6.12. The van der Waals surface area contributed by atoms with E-state index in [2.05, 4.69) is 28.7 Å². The van der Waals surface area contributed by atoms with E-state index in [1.54, 1.807) is 13.3 Å². The number of methoxy groups -OCH3 is 1. The van der Waals surface area contributed by atoms with Gasteiger partial charge in [0.15, 0.2) is 0 Å². The largest absolute Gasteiger partial charge is 0.495 e. The normalized spacial score (nSPS) is 10.9.